The summed E-state index contributed by atoms with van der Waals surface area (Å²) in [5.41, 5.74) is -0.119. The van der Waals surface area contributed by atoms with E-state index in [4.69, 9.17) is 11.6 Å². The Bertz CT molecular complexity index is 491. The minimum atomic E-state index is -4.30. The van der Waals surface area contributed by atoms with Gasteiger partial charge >= 0.3 is 6.18 Å². The van der Waals surface area contributed by atoms with Crippen LogP contribution < -0.4 is 10.2 Å². The standard InChI is InChI=1S/C14H17ClF3N3/c15-13-12-9-19-5-6-20(12)7-8-21(13)11-3-1-10(2-4-11)14(16,17)18/h1-4,12-13,19H,5-9H2. The Hall–Kier alpha value is -0.980. The fourth-order valence-corrected chi connectivity index (χ4v) is 3.46. The van der Waals surface area contributed by atoms with Gasteiger partial charge in [-0.25, -0.2) is 0 Å². The highest BCUT2D eigenvalue weighted by atomic mass is 35.5. The van der Waals surface area contributed by atoms with Crippen LogP contribution in [-0.2, 0) is 6.18 Å². The summed E-state index contributed by atoms with van der Waals surface area (Å²) in [5.74, 6) is 0. The minimum Gasteiger partial charge on any atom is -0.352 e. The number of alkyl halides is 4. The molecule has 2 atom stereocenters. The minimum absolute atomic E-state index is 0.191. The molecule has 2 saturated heterocycles. The topological polar surface area (TPSA) is 18.5 Å². The van der Waals surface area contributed by atoms with E-state index in [-0.39, 0.29) is 11.5 Å². The van der Waals surface area contributed by atoms with Crippen LogP contribution in [0.3, 0.4) is 0 Å². The van der Waals surface area contributed by atoms with Crippen LogP contribution in [0.15, 0.2) is 24.3 Å². The summed E-state index contributed by atoms with van der Waals surface area (Å²) in [7, 11) is 0. The van der Waals surface area contributed by atoms with Gasteiger partial charge in [0.15, 0.2) is 0 Å². The molecule has 0 spiro atoms. The molecule has 0 aromatic heterocycles. The number of hydrogen-bond donors (Lipinski definition) is 1. The van der Waals surface area contributed by atoms with Gasteiger partial charge in [0, 0.05) is 38.4 Å². The van der Waals surface area contributed by atoms with Crippen molar-refractivity contribution >= 4 is 17.3 Å². The number of piperazine rings is 2. The van der Waals surface area contributed by atoms with E-state index < -0.39 is 11.7 Å². The highest BCUT2D eigenvalue weighted by Gasteiger charge is 2.37. The zero-order valence-electron chi connectivity index (χ0n) is 11.4. The Labute approximate surface area is 126 Å². The first-order valence-corrected chi connectivity index (χ1v) is 7.43. The predicted molar refractivity (Wildman–Crippen MR) is 76.7 cm³/mol. The van der Waals surface area contributed by atoms with Crippen molar-refractivity contribution in [1.29, 1.82) is 0 Å². The van der Waals surface area contributed by atoms with E-state index in [1.165, 1.54) is 12.1 Å². The van der Waals surface area contributed by atoms with Crippen molar-refractivity contribution in [3.63, 3.8) is 0 Å². The molecule has 1 aromatic carbocycles. The smallest absolute Gasteiger partial charge is 0.352 e. The average Bonchev–Trinajstić information content (AvgIpc) is 2.47. The summed E-state index contributed by atoms with van der Waals surface area (Å²) in [6.07, 6.45) is -4.30. The summed E-state index contributed by atoms with van der Waals surface area (Å²) >= 11 is 6.54. The predicted octanol–water partition coefficient (Wildman–Crippen LogP) is 2.36. The summed E-state index contributed by atoms with van der Waals surface area (Å²) in [5, 5.41) is 3.31. The van der Waals surface area contributed by atoms with E-state index in [9.17, 15) is 13.2 Å². The molecule has 21 heavy (non-hydrogen) atoms. The molecule has 0 radical (unpaired) electrons. The zero-order valence-corrected chi connectivity index (χ0v) is 12.2. The van der Waals surface area contributed by atoms with E-state index in [2.05, 4.69) is 10.2 Å². The van der Waals surface area contributed by atoms with Crippen molar-refractivity contribution in [3.8, 4) is 0 Å². The van der Waals surface area contributed by atoms with Gasteiger partial charge in [-0.2, -0.15) is 13.2 Å². The summed E-state index contributed by atoms with van der Waals surface area (Å²) < 4.78 is 37.8. The Kier molecular flexibility index (Phi) is 4.03. The molecule has 1 aromatic rings. The SMILES string of the molecule is FC(F)(F)c1ccc(N2CCN3CCNCC3C2Cl)cc1. The number of nitrogens with zero attached hydrogens (tertiary/aromatic N) is 2. The monoisotopic (exact) mass is 319 g/mol. The number of rotatable bonds is 1. The van der Waals surface area contributed by atoms with Crippen molar-refractivity contribution in [2.24, 2.45) is 0 Å². The first-order chi connectivity index (χ1) is 9.97. The van der Waals surface area contributed by atoms with Crippen LogP contribution in [0.2, 0.25) is 0 Å². The third-order valence-electron chi connectivity index (χ3n) is 4.17. The highest BCUT2D eigenvalue weighted by Crippen LogP contribution is 2.32. The van der Waals surface area contributed by atoms with E-state index >= 15 is 0 Å². The Morgan fingerprint density at radius 3 is 2.48 bits per heavy atom. The molecule has 2 unspecified atom stereocenters. The maximum Gasteiger partial charge on any atom is 0.416 e. The van der Waals surface area contributed by atoms with Gasteiger partial charge in [-0.05, 0) is 24.3 Å². The van der Waals surface area contributed by atoms with E-state index in [0.717, 1.165) is 50.5 Å². The number of hydrogen-bond acceptors (Lipinski definition) is 3. The average molecular weight is 320 g/mol. The van der Waals surface area contributed by atoms with Gasteiger partial charge in [-0.3, -0.25) is 4.90 Å². The molecule has 0 amide bonds. The molecule has 3 rings (SSSR count). The maximum absolute atomic E-state index is 12.6. The quantitative estimate of drug-likeness (QED) is 0.633. The molecule has 2 aliphatic rings. The lowest BCUT2D eigenvalue weighted by Gasteiger charge is -2.48. The molecule has 116 valence electrons. The molecule has 0 saturated carbocycles. The van der Waals surface area contributed by atoms with Gasteiger partial charge in [0.25, 0.3) is 0 Å². The normalized spacial score (nSPS) is 27.5. The van der Waals surface area contributed by atoms with Crippen molar-refractivity contribution in [1.82, 2.24) is 10.2 Å². The molecule has 0 aliphatic carbocycles. The molecule has 1 N–H and O–H groups in total. The van der Waals surface area contributed by atoms with Crippen LogP contribution >= 0.6 is 11.6 Å². The first-order valence-electron chi connectivity index (χ1n) is 6.99. The van der Waals surface area contributed by atoms with Crippen molar-refractivity contribution in [2.45, 2.75) is 17.7 Å². The number of anilines is 1. The van der Waals surface area contributed by atoms with E-state index in [1.807, 2.05) is 4.90 Å². The molecule has 2 heterocycles. The number of nitrogens with one attached hydrogen (secondary N) is 1. The van der Waals surface area contributed by atoms with Crippen LogP contribution in [0, 0.1) is 0 Å². The largest absolute Gasteiger partial charge is 0.416 e. The van der Waals surface area contributed by atoms with Gasteiger partial charge in [-0.1, -0.05) is 11.6 Å². The lowest BCUT2D eigenvalue weighted by molar-refractivity contribution is -0.137. The third kappa shape index (κ3) is 2.98. The molecule has 0 bridgehead atoms. The molecule has 7 heteroatoms. The van der Waals surface area contributed by atoms with Gasteiger partial charge in [0.2, 0.25) is 0 Å². The van der Waals surface area contributed by atoms with Gasteiger partial charge in [0.05, 0.1) is 11.6 Å². The number of fused-ring (bicyclic) bond motifs is 1. The van der Waals surface area contributed by atoms with Crippen LogP contribution in [0.1, 0.15) is 5.56 Å². The van der Waals surface area contributed by atoms with Crippen molar-refractivity contribution in [2.75, 3.05) is 37.6 Å². The second-order valence-electron chi connectivity index (χ2n) is 5.42. The lowest BCUT2D eigenvalue weighted by Crippen LogP contribution is -2.64. The summed E-state index contributed by atoms with van der Waals surface area (Å²) in [4.78, 5) is 4.32. The lowest BCUT2D eigenvalue weighted by atomic mass is 10.1. The Morgan fingerprint density at radius 1 is 1.10 bits per heavy atom. The van der Waals surface area contributed by atoms with Crippen molar-refractivity contribution < 1.29 is 13.2 Å². The molecular weight excluding hydrogens is 303 g/mol. The first kappa shape index (κ1) is 14.9. The molecular formula is C14H17ClF3N3. The van der Waals surface area contributed by atoms with E-state index in [0.29, 0.717) is 0 Å². The van der Waals surface area contributed by atoms with Crippen LogP contribution in [0.25, 0.3) is 0 Å². The second kappa shape index (κ2) is 5.66. The van der Waals surface area contributed by atoms with Gasteiger partial charge in [-0.15, -0.1) is 0 Å². The van der Waals surface area contributed by atoms with Crippen molar-refractivity contribution in [3.05, 3.63) is 29.8 Å². The fourth-order valence-electron chi connectivity index (χ4n) is 3.00. The number of benzene rings is 1. The van der Waals surface area contributed by atoms with E-state index in [1.54, 1.807) is 0 Å². The summed E-state index contributed by atoms with van der Waals surface area (Å²) in [6, 6.07) is 5.43. The molecule has 3 nitrogen and oxygen atoms in total. The van der Waals surface area contributed by atoms with Crippen LogP contribution in [-0.4, -0.2) is 49.2 Å². The summed E-state index contributed by atoms with van der Waals surface area (Å²) in [6.45, 7) is 4.35. The second-order valence-corrected chi connectivity index (χ2v) is 5.87. The van der Waals surface area contributed by atoms with Gasteiger partial charge < -0.3 is 10.2 Å². The number of halogens is 4. The zero-order chi connectivity index (χ0) is 15.0. The fraction of sp³-hybridized carbons (Fsp3) is 0.571. The molecule has 2 aliphatic heterocycles. The van der Waals surface area contributed by atoms with Crippen LogP contribution in [0.4, 0.5) is 18.9 Å². The van der Waals surface area contributed by atoms with Gasteiger partial charge in [0.1, 0.15) is 5.50 Å². The Morgan fingerprint density at radius 2 is 1.81 bits per heavy atom. The Balaban J connectivity index is 1.77. The van der Waals surface area contributed by atoms with Crippen LogP contribution in [0.5, 0.6) is 0 Å². The maximum atomic E-state index is 12.6. The third-order valence-corrected chi connectivity index (χ3v) is 4.69. The molecule has 2 fully saturated rings. The highest BCUT2D eigenvalue weighted by molar-refractivity contribution is 6.22.